The van der Waals surface area contributed by atoms with Crippen LogP contribution in [-0.2, 0) is 0 Å². The summed E-state index contributed by atoms with van der Waals surface area (Å²) in [7, 11) is 0. The van der Waals surface area contributed by atoms with Gasteiger partial charge in [0.15, 0.2) is 0 Å². The van der Waals surface area contributed by atoms with Crippen molar-refractivity contribution in [1.29, 1.82) is 0 Å². The summed E-state index contributed by atoms with van der Waals surface area (Å²) in [5.74, 6) is 0.646. The topological polar surface area (TPSA) is 20.2 Å². The lowest BCUT2D eigenvalue weighted by Gasteiger charge is -2.58. The molecule has 3 aliphatic rings. The van der Waals surface area contributed by atoms with Gasteiger partial charge >= 0.3 is 12.4 Å². The van der Waals surface area contributed by atoms with E-state index in [0.29, 0.717) is 30.6 Å². The zero-order valence-electron chi connectivity index (χ0n) is 13.7. The van der Waals surface area contributed by atoms with Gasteiger partial charge in [-0.3, -0.25) is 0 Å². The smallest absolute Gasteiger partial charge is 0.374 e. The molecule has 3 bridgehead atoms. The molecular weight excluding hydrogens is 334 g/mol. The maximum absolute atomic E-state index is 13.0. The predicted molar refractivity (Wildman–Crippen MR) is 76.1 cm³/mol. The molecule has 0 spiro atoms. The second-order valence-electron chi connectivity index (χ2n) is 8.47. The van der Waals surface area contributed by atoms with Crippen LogP contribution < -0.4 is 0 Å². The molecule has 5 atom stereocenters. The Balaban J connectivity index is 1.84. The van der Waals surface area contributed by atoms with E-state index in [1.54, 1.807) is 0 Å². The van der Waals surface area contributed by atoms with Gasteiger partial charge in [0.1, 0.15) is 0 Å². The number of aliphatic hydroxyl groups is 1. The second-order valence-corrected chi connectivity index (χ2v) is 8.47. The van der Waals surface area contributed by atoms with Crippen LogP contribution in [0.3, 0.4) is 0 Å². The zero-order chi connectivity index (χ0) is 18.0. The quantitative estimate of drug-likeness (QED) is 0.663. The normalized spacial score (nSPS) is 38.2. The van der Waals surface area contributed by atoms with E-state index in [2.05, 4.69) is 0 Å². The monoisotopic (exact) mass is 358 g/mol. The van der Waals surface area contributed by atoms with Crippen LogP contribution in [0.2, 0.25) is 0 Å². The van der Waals surface area contributed by atoms with Crippen LogP contribution in [0.25, 0.3) is 0 Å². The Morgan fingerprint density at radius 2 is 1.58 bits per heavy atom. The lowest BCUT2D eigenvalue weighted by atomic mass is 9.48. The van der Waals surface area contributed by atoms with Crippen LogP contribution in [0.15, 0.2) is 0 Å². The molecule has 1 N–H and O–H groups in total. The summed E-state index contributed by atoms with van der Waals surface area (Å²) in [6.07, 6.45) is -6.42. The average Bonchev–Trinajstić information content (AvgIpc) is 2.42. The molecule has 0 aliphatic heterocycles. The molecule has 3 aliphatic carbocycles. The summed E-state index contributed by atoms with van der Waals surface area (Å²) in [6, 6.07) is 0. The third-order valence-electron chi connectivity index (χ3n) is 7.21. The summed E-state index contributed by atoms with van der Waals surface area (Å²) in [6.45, 7) is 1.48. The van der Waals surface area contributed by atoms with Crippen LogP contribution in [0, 0.1) is 29.1 Å². The molecule has 0 aromatic rings. The maximum Gasteiger partial charge on any atom is 0.426 e. The third-order valence-corrected chi connectivity index (χ3v) is 7.21. The Kier molecular flexibility index (Phi) is 4.21. The number of hydrogen-bond donors (Lipinski definition) is 1. The molecule has 0 aromatic heterocycles. The zero-order valence-corrected chi connectivity index (χ0v) is 13.7. The van der Waals surface area contributed by atoms with Gasteiger partial charge < -0.3 is 5.11 Å². The molecule has 0 saturated heterocycles. The van der Waals surface area contributed by atoms with Gasteiger partial charge in [0.2, 0.25) is 0 Å². The maximum atomic E-state index is 13.0. The summed E-state index contributed by atoms with van der Waals surface area (Å²) < 4.78 is 78.2. The number of alkyl halides is 6. The summed E-state index contributed by atoms with van der Waals surface area (Å²) >= 11 is 0. The van der Waals surface area contributed by atoms with Crippen molar-refractivity contribution >= 4 is 0 Å². The van der Waals surface area contributed by atoms with E-state index >= 15 is 0 Å². The van der Waals surface area contributed by atoms with Crippen molar-refractivity contribution in [3.8, 4) is 0 Å². The number of halogens is 6. The Morgan fingerprint density at radius 3 is 2.17 bits per heavy atom. The van der Waals surface area contributed by atoms with E-state index in [1.165, 1.54) is 6.92 Å². The van der Waals surface area contributed by atoms with Crippen molar-refractivity contribution in [1.82, 2.24) is 0 Å². The highest BCUT2D eigenvalue weighted by molar-refractivity contribution is 5.04. The molecule has 3 fully saturated rings. The molecule has 0 amide bonds. The average molecular weight is 358 g/mol. The van der Waals surface area contributed by atoms with E-state index in [1.807, 2.05) is 0 Å². The summed E-state index contributed by atoms with van der Waals surface area (Å²) in [5.41, 5.74) is -5.09. The summed E-state index contributed by atoms with van der Waals surface area (Å²) in [5, 5.41) is 9.56. The molecule has 0 heterocycles. The van der Waals surface area contributed by atoms with Crippen molar-refractivity contribution in [3.05, 3.63) is 0 Å². The Morgan fingerprint density at radius 1 is 0.958 bits per heavy atom. The molecule has 24 heavy (non-hydrogen) atoms. The van der Waals surface area contributed by atoms with Gasteiger partial charge in [-0.15, -0.1) is 0 Å². The number of rotatable bonds is 3. The van der Waals surface area contributed by atoms with Gasteiger partial charge in [-0.05, 0) is 74.0 Å². The first kappa shape index (κ1) is 18.3. The highest BCUT2D eigenvalue weighted by atomic mass is 19.4. The lowest BCUT2D eigenvalue weighted by Crippen LogP contribution is -2.59. The van der Waals surface area contributed by atoms with Gasteiger partial charge in [0, 0.05) is 0 Å². The highest BCUT2D eigenvalue weighted by Crippen LogP contribution is 2.62. The molecule has 3 rings (SSSR count). The van der Waals surface area contributed by atoms with Gasteiger partial charge in [-0.1, -0.05) is 13.3 Å². The minimum atomic E-state index is -5.71. The van der Waals surface area contributed by atoms with Gasteiger partial charge in [0.05, 0.1) is 0 Å². The number of fused-ring (bicyclic) bond motifs is 2. The molecule has 0 radical (unpaired) electrons. The molecule has 7 heteroatoms. The molecule has 140 valence electrons. The first-order chi connectivity index (χ1) is 10.9. The first-order valence-corrected chi connectivity index (χ1v) is 8.74. The van der Waals surface area contributed by atoms with E-state index in [-0.39, 0.29) is 0 Å². The largest absolute Gasteiger partial charge is 0.426 e. The predicted octanol–water partition coefficient (Wildman–Crippen LogP) is 5.47. The van der Waals surface area contributed by atoms with Crippen molar-refractivity contribution in [2.75, 3.05) is 0 Å². The molecule has 0 aromatic carbocycles. The minimum absolute atomic E-state index is 0.424. The van der Waals surface area contributed by atoms with Gasteiger partial charge in [0.25, 0.3) is 5.60 Å². The first-order valence-electron chi connectivity index (χ1n) is 8.74. The molecule has 4 unspecified atom stereocenters. The lowest BCUT2D eigenvalue weighted by molar-refractivity contribution is -0.374. The van der Waals surface area contributed by atoms with E-state index in [0.717, 1.165) is 32.1 Å². The van der Waals surface area contributed by atoms with Crippen molar-refractivity contribution in [2.24, 2.45) is 29.1 Å². The Labute approximate surface area is 137 Å². The SMILES string of the molecule is C[C@H](CC(O)(C(F)(F)F)C(F)(F)F)C12CCC3CCC(CC3C1)C2. The Bertz CT molecular complexity index is 466. The van der Waals surface area contributed by atoms with Crippen molar-refractivity contribution in [3.63, 3.8) is 0 Å². The summed E-state index contributed by atoms with van der Waals surface area (Å²) in [4.78, 5) is 0. The highest BCUT2D eigenvalue weighted by Gasteiger charge is 2.71. The van der Waals surface area contributed by atoms with Crippen LogP contribution in [0.4, 0.5) is 26.3 Å². The fourth-order valence-electron chi connectivity index (χ4n) is 5.80. The van der Waals surface area contributed by atoms with Crippen LogP contribution in [-0.4, -0.2) is 23.1 Å². The second kappa shape index (κ2) is 5.52. The minimum Gasteiger partial charge on any atom is -0.374 e. The molecule has 1 nitrogen and oxygen atoms in total. The number of hydrogen-bond acceptors (Lipinski definition) is 1. The Hall–Kier alpha value is -0.460. The fraction of sp³-hybridized carbons (Fsp3) is 1.00. The van der Waals surface area contributed by atoms with E-state index < -0.39 is 35.7 Å². The standard InChI is InChI=1S/C17H24F6O/c1-10(7-15(24,16(18,19)20)17(21,22)23)14-5-4-12-3-2-11(8-14)6-13(12)9-14/h10-13,24H,2-9H2,1H3/t10-,11?,12?,13?,14?/m1/s1. The van der Waals surface area contributed by atoms with Gasteiger partial charge in [-0.2, -0.15) is 26.3 Å². The van der Waals surface area contributed by atoms with Crippen LogP contribution in [0.5, 0.6) is 0 Å². The molecule has 3 saturated carbocycles. The van der Waals surface area contributed by atoms with Crippen molar-refractivity contribution < 1.29 is 31.4 Å². The van der Waals surface area contributed by atoms with Gasteiger partial charge in [-0.25, -0.2) is 0 Å². The van der Waals surface area contributed by atoms with E-state index in [9.17, 15) is 31.4 Å². The van der Waals surface area contributed by atoms with Crippen LogP contribution >= 0.6 is 0 Å². The third kappa shape index (κ3) is 2.74. The molecular formula is C17H24F6O. The van der Waals surface area contributed by atoms with E-state index in [4.69, 9.17) is 0 Å². The fourth-order valence-corrected chi connectivity index (χ4v) is 5.80. The van der Waals surface area contributed by atoms with Crippen molar-refractivity contribution in [2.45, 2.75) is 76.2 Å². The van der Waals surface area contributed by atoms with Crippen LogP contribution in [0.1, 0.15) is 58.3 Å².